The molecule has 0 saturated carbocycles. The Hall–Kier alpha value is -0.840. The Kier molecular flexibility index (Phi) is 3.63. The van der Waals surface area contributed by atoms with Crippen LogP contribution in [0.1, 0.15) is 24.3 Å². The molecule has 0 aliphatic heterocycles. The molecular weight excluding hydrogens is 238 g/mol. The van der Waals surface area contributed by atoms with Crippen LogP contribution in [0.2, 0.25) is 0 Å². The summed E-state index contributed by atoms with van der Waals surface area (Å²) >= 11 is 3.31. The standard InChI is InChI=1S/C12H13NOS2/c1-8-7-15-12(13-8)16-11-5-3-10(4-6-11)9(2)14/h3-7,9,14H,1-2H3/t9-/m1/s1. The second kappa shape index (κ2) is 4.99. The van der Waals surface area contributed by atoms with E-state index in [4.69, 9.17) is 0 Å². The molecule has 0 radical (unpaired) electrons. The first-order chi connectivity index (χ1) is 7.65. The van der Waals surface area contributed by atoms with Crippen LogP contribution in [0.25, 0.3) is 0 Å². The van der Waals surface area contributed by atoms with Gasteiger partial charge in [-0.3, -0.25) is 0 Å². The molecule has 2 nitrogen and oxygen atoms in total. The molecule has 0 aliphatic carbocycles. The first kappa shape index (κ1) is 11.6. The molecule has 1 N–H and O–H groups in total. The Morgan fingerprint density at radius 1 is 1.31 bits per heavy atom. The lowest BCUT2D eigenvalue weighted by Gasteiger charge is -2.04. The maximum Gasteiger partial charge on any atom is 0.154 e. The van der Waals surface area contributed by atoms with Crippen LogP contribution < -0.4 is 0 Å². The first-order valence-corrected chi connectivity index (χ1v) is 6.73. The topological polar surface area (TPSA) is 33.1 Å². The third kappa shape index (κ3) is 2.84. The Labute approximate surface area is 103 Å². The summed E-state index contributed by atoms with van der Waals surface area (Å²) < 4.78 is 1.06. The van der Waals surface area contributed by atoms with Crippen LogP contribution in [0.15, 0.2) is 38.9 Å². The smallest absolute Gasteiger partial charge is 0.154 e. The van der Waals surface area contributed by atoms with Gasteiger partial charge in [0.1, 0.15) is 0 Å². The van der Waals surface area contributed by atoms with Crippen molar-refractivity contribution in [2.45, 2.75) is 29.2 Å². The SMILES string of the molecule is Cc1csc(Sc2ccc([C@@H](C)O)cc2)n1. The molecule has 84 valence electrons. The fraction of sp³-hybridized carbons (Fsp3) is 0.250. The Morgan fingerprint density at radius 2 is 2.00 bits per heavy atom. The third-order valence-electron chi connectivity index (χ3n) is 2.17. The van der Waals surface area contributed by atoms with E-state index in [1.54, 1.807) is 30.0 Å². The van der Waals surface area contributed by atoms with Crippen molar-refractivity contribution < 1.29 is 5.11 Å². The lowest BCUT2D eigenvalue weighted by atomic mass is 10.1. The fourth-order valence-electron chi connectivity index (χ4n) is 1.29. The van der Waals surface area contributed by atoms with Crippen molar-refractivity contribution >= 4 is 23.1 Å². The summed E-state index contributed by atoms with van der Waals surface area (Å²) in [6, 6.07) is 7.94. The average molecular weight is 251 g/mol. The quantitative estimate of drug-likeness (QED) is 0.903. The summed E-state index contributed by atoms with van der Waals surface area (Å²) in [5.74, 6) is 0. The summed E-state index contributed by atoms with van der Waals surface area (Å²) in [6.45, 7) is 3.77. The van der Waals surface area contributed by atoms with Crippen LogP contribution in [-0.2, 0) is 0 Å². The molecule has 16 heavy (non-hydrogen) atoms. The highest BCUT2D eigenvalue weighted by Gasteiger charge is 2.03. The maximum absolute atomic E-state index is 9.39. The summed E-state index contributed by atoms with van der Waals surface area (Å²) in [5.41, 5.74) is 2.01. The molecule has 0 unspecified atom stereocenters. The number of thiazole rings is 1. The number of aliphatic hydroxyl groups excluding tert-OH is 1. The molecule has 2 aromatic rings. The lowest BCUT2D eigenvalue weighted by Crippen LogP contribution is -1.89. The van der Waals surface area contributed by atoms with Gasteiger partial charge in [0, 0.05) is 16.0 Å². The van der Waals surface area contributed by atoms with E-state index in [0.717, 1.165) is 20.5 Å². The molecule has 0 amide bonds. The van der Waals surface area contributed by atoms with Crippen LogP contribution >= 0.6 is 23.1 Å². The van der Waals surface area contributed by atoms with Gasteiger partial charge in [-0.1, -0.05) is 23.9 Å². The highest BCUT2D eigenvalue weighted by molar-refractivity contribution is 8.01. The number of aryl methyl sites for hydroxylation is 1. The zero-order valence-corrected chi connectivity index (χ0v) is 10.8. The molecule has 0 spiro atoms. The first-order valence-electron chi connectivity index (χ1n) is 5.03. The molecule has 4 heteroatoms. The van der Waals surface area contributed by atoms with Crippen molar-refractivity contribution in [2.75, 3.05) is 0 Å². The number of hydrogen-bond acceptors (Lipinski definition) is 4. The van der Waals surface area contributed by atoms with E-state index in [2.05, 4.69) is 4.98 Å². The van der Waals surface area contributed by atoms with Crippen molar-refractivity contribution in [3.63, 3.8) is 0 Å². The van der Waals surface area contributed by atoms with Gasteiger partial charge >= 0.3 is 0 Å². The van der Waals surface area contributed by atoms with Gasteiger partial charge in [0.15, 0.2) is 4.34 Å². The number of rotatable bonds is 3. The van der Waals surface area contributed by atoms with E-state index in [0.29, 0.717) is 0 Å². The van der Waals surface area contributed by atoms with E-state index >= 15 is 0 Å². The van der Waals surface area contributed by atoms with E-state index in [-0.39, 0.29) is 0 Å². The van der Waals surface area contributed by atoms with Crippen LogP contribution in [-0.4, -0.2) is 10.1 Å². The number of nitrogens with zero attached hydrogens (tertiary/aromatic N) is 1. The zero-order valence-electron chi connectivity index (χ0n) is 9.18. The summed E-state index contributed by atoms with van der Waals surface area (Å²) in [7, 11) is 0. The molecule has 0 aliphatic rings. The van der Waals surface area contributed by atoms with Crippen molar-refractivity contribution in [1.82, 2.24) is 4.98 Å². The average Bonchev–Trinajstić information content (AvgIpc) is 2.65. The Balaban J connectivity index is 2.11. The molecule has 0 bridgehead atoms. The van der Waals surface area contributed by atoms with Crippen LogP contribution in [0.3, 0.4) is 0 Å². The van der Waals surface area contributed by atoms with Crippen LogP contribution in [0, 0.1) is 6.92 Å². The normalized spacial score (nSPS) is 12.7. The van der Waals surface area contributed by atoms with Gasteiger partial charge in [-0.2, -0.15) is 0 Å². The van der Waals surface area contributed by atoms with E-state index < -0.39 is 6.10 Å². The van der Waals surface area contributed by atoms with E-state index in [1.807, 2.05) is 36.6 Å². The molecule has 1 aromatic heterocycles. The minimum absolute atomic E-state index is 0.402. The summed E-state index contributed by atoms with van der Waals surface area (Å²) in [5, 5.41) is 11.4. The van der Waals surface area contributed by atoms with Gasteiger partial charge in [-0.25, -0.2) is 4.98 Å². The van der Waals surface area contributed by atoms with Crippen molar-refractivity contribution in [1.29, 1.82) is 0 Å². The van der Waals surface area contributed by atoms with Crippen LogP contribution in [0.4, 0.5) is 0 Å². The number of aromatic nitrogens is 1. The van der Waals surface area contributed by atoms with E-state index in [1.165, 1.54) is 0 Å². The molecule has 1 atom stereocenters. The van der Waals surface area contributed by atoms with Crippen molar-refractivity contribution in [2.24, 2.45) is 0 Å². The number of aliphatic hydroxyl groups is 1. The highest BCUT2D eigenvalue weighted by Crippen LogP contribution is 2.30. The maximum atomic E-state index is 9.39. The molecular formula is C12H13NOS2. The monoisotopic (exact) mass is 251 g/mol. The molecule has 2 rings (SSSR count). The Morgan fingerprint density at radius 3 is 2.50 bits per heavy atom. The highest BCUT2D eigenvalue weighted by atomic mass is 32.2. The van der Waals surface area contributed by atoms with E-state index in [9.17, 15) is 5.11 Å². The molecule has 1 heterocycles. The molecule has 0 saturated heterocycles. The summed E-state index contributed by atoms with van der Waals surface area (Å²) in [6.07, 6.45) is -0.402. The Bertz CT molecular complexity index is 462. The molecule has 1 aromatic carbocycles. The van der Waals surface area contributed by atoms with Crippen molar-refractivity contribution in [3.8, 4) is 0 Å². The second-order valence-corrected chi connectivity index (χ2v) is 5.78. The minimum atomic E-state index is -0.402. The van der Waals surface area contributed by atoms with Crippen molar-refractivity contribution in [3.05, 3.63) is 40.9 Å². The third-order valence-corrected chi connectivity index (χ3v) is 4.23. The zero-order chi connectivity index (χ0) is 11.5. The van der Waals surface area contributed by atoms with Gasteiger partial charge in [0.25, 0.3) is 0 Å². The minimum Gasteiger partial charge on any atom is -0.389 e. The second-order valence-electron chi connectivity index (χ2n) is 3.60. The lowest BCUT2D eigenvalue weighted by molar-refractivity contribution is 0.199. The van der Waals surface area contributed by atoms with Gasteiger partial charge < -0.3 is 5.11 Å². The number of benzene rings is 1. The largest absolute Gasteiger partial charge is 0.389 e. The fourth-order valence-corrected chi connectivity index (χ4v) is 3.10. The van der Waals surface area contributed by atoms with Crippen LogP contribution in [0.5, 0.6) is 0 Å². The van der Waals surface area contributed by atoms with Gasteiger partial charge in [-0.15, -0.1) is 11.3 Å². The van der Waals surface area contributed by atoms with Gasteiger partial charge in [0.2, 0.25) is 0 Å². The summed E-state index contributed by atoms with van der Waals surface area (Å²) in [4.78, 5) is 5.55. The molecule has 0 fully saturated rings. The predicted octanol–water partition coefficient (Wildman–Crippen LogP) is 3.66. The van der Waals surface area contributed by atoms with Gasteiger partial charge in [-0.05, 0) is 31.5 Å². The number of hydrogen-bond donors (Lipinski definition) is 1. The predicted molar refractivity (Wildman–Crippen MR) is 68.0 cm³/mol. The van der Waals surface area contributed by atoms with Gasteiger partial charge in [0.05, 0.1) is 6.10 Å².